The van der Waals surface area contributed by atoms with Crippen LogP contribution in [0, 0.1) is 0 Å². The summed E-state index contributed by atoms with van der Waals surface area (Å²) in [5, 5.41) is 24.0. The van der Waals surface area contributed by atoms with Gasteiger partial charge in [-0.2, -0.15) is 8.42 Å². The summed E-state index contributed by atoms with van der Waals surface area (Å²) in [4.78, 5) is 0. The van der Waals surface area contributed by atoms with Gasteiger partial charge in [0.1, 0.15) is 6.10 Å². The van der Waals surface area contributed by atoms with E-state index in [4.69, 9.17) is 32.8 Å². The Kier molecular flexibility index (Phi) is 33.1. The van der Waals surface area contributed by atoms with Crippen molar-refractivity contribution in [2.24, 2.45) is 0 Å². The molecular weight excluding hydrogens is 260 g/mol. The SMILES string of the molecule is O=S(=O)(O)O.OCC(O)CO.[O-2].[O-2].[Ti+4]. The van der Waals surface area contributed by atoms with Crippen LogP contribution in [0.2, 0.25) is 0 Å². The third-order valence-electron chi connectivity index (χ3n) is 0.421. The summed E-state index contributed by atoms with van der Waals surface area (Å²) < 4.78 is 31.6. The molecule has 0 aromatic rings. The molecule has 5 N–H and O–H groups in total. The fraction of sp³-hybridized carbons (Fsp3) is 1.00. The van der Waals surface area contributed by atoms with Gasteiger partial charge in [-0.15, -0.1) is 0 Å². The van der Waals surface area contributed by atoms with E-state index in [2.05, 4.69) is 0 Å². The maximum Gasteiger partial charge on any atom is 4.00 e. The molecule has 86 valence electrons. The van der Waals surface area contributed by atoms with Crippen LogP contribution in [0.5, 0.6) is 0 Å². The second-order valence-corrected chi connectivity index (χ2v) is 2.36. The van der Waals surface area contributed by atoms with Crippen molar-refractivity contribution in [1.29, 1.82) is 0 Å². The van der Waals surface area contributed by atoms with Gasteiger partial charge in [-0.1, -0.05) is 0 Å². The van der Waals surface area contributed by atoms with E-state index in [1.54, 1.807) is 0 Å². The van der Waals surface area contributed by atoms with E-state index in [9.17, 15) is 0 Å². The average molecular weight is 270 g/mol. The zero-order valence-electron chi connectivity index (χ0n) is 6.77. The molecule has 9 nitrogen and oxygen atoms in total. The Morgan fingerprint density at radius 2 is 1.14 bits per heavy atom. The van der Waals surface area contributed by atoms with Gasteiger partial charge in [-0.25, -0.2) is 0 Å². The van der Waals surface area contributed by atoms with Crippen LogP contribution in [0.15, 0.2) is 0 Å². The van der Waals surface area contributed by atoms with E-state index in [0.29, 0.717) is 0 Å². The van der Waals surface area contributed by atoms with Crippen molar-refractivity contribution >= 4 is 10.4 Å². The number of hydrogen-bond acceptors (Lipinski definition) is 5. The molecule has 0 aliphatic rings. The first kappa shape index (κ1) is 29.3. The number of hydrogen-bond donors (Lipinski definition) is 5. The fourth-order valence-electron chi connectivity index (χ4n) is 0.0577. The van der Waals surface area contributed by atoms with Crippen LogP contribution >= 0.6 is 0 Å². The van der Waals surface area contributed by atoms with Crippen LogP contribution in [0.1, 0.15) is 0 Å². The van der Waals surface area contributed by atoms with E-state index in [-0.39, 0.29) is 45.9 Å². The quantitative estimate of drug-likeness (QED) is 0.269. The first-order chi connectivity index (χ1) is 4.81. The Hall–Kier alpha value is 0.384. The molecule has 0 amide bonds. The van der Waals surface area contributed by atoms with Gasteiger partial charge in [0.15, 0.2) is 0 Å². The third kappa shape index (κ3) is 83.5. The van der Waals surface area contributed by atoms with Crippen LogP contribution in [0.25, 0.3) is 0 Å². The predicted octanol–water partition coefficient (Wildman–Crippen LogP) is -2.56. The summed E-state index contributed by atoms with van der Waals surface area (Å²) in [5.41, 5.74) is 0. The Morgan fingerprint density at radius 1 is 1.00 bits per heavy atom. The third-order valence-corrected chi connectivity index (χ3v) is 0.421. The molecule has 0 rings (SSSR count). The number of aliphatic hydroxyl groups is 3. The first-order valence-electron chi connectivity index (χ1n) is 2.41. The molecule has 0 unspecified atom stereocenters. The van der Waals surface area contributed by atoms with E-state index < -0.39 is 16.5 Å². The molecule has 0 saturated heterocycles. The predicted molar refractivity (Wildman–Crippen MR) is 35.7 cm³/mol. The molecule has 0 aromatic carbocycles. The Morgan fingerprint density at radius 3 is 1.14 bits per heavy atom. The van der Waals surface area contributed by atoms with Gasteiger partial charge in [0, 0.05) is 0 Å². The summed E-state index contributed by atoms with van der Waals surface area (Å²) >= 11 is 0. The van der Waals surface area contributed by atoms with Gasteiger partial charge in [-0.3, -0.25) is 9.11 Å². The van der Waals surface area contributed by atoms with Crippen LogP contribution in [-0.2, 0) is 43.1 Å². The fourth-order valence-corrected chi connectivity index (χ4v) is 0.0577. The Labute approximate surface area is 95.5 Å². The number of aliphatic hydroxyl groups excluding tert-OH is 3. The smallest absolute Gasteiger partial charge is 2.00 e. The van der Waals surface area contributed by atoms with Crippen molar-refractivity contribution in [2.45, 2.75) is 6.10 Å². The average Bonchev–Trinajstić information content (AvgIpc) is 1.83. The Bertz CT molecular complexity index is 155. The summed E-state index contributed by atoms with van der Waals surface area (Å²) in [7, 11) is -4.67. The minimum Gasteiger partial charge on any atom is -2.00 e. The van der Waals surface area contributed by atoms with Gasteiger partial charge >= 0.3 is 32.1 Å². The zero-order valence-corrected chi connectivity index (χ0v) is 9.15. The van der Waals surface area contributed by atoms with E-state index >= 15 is 0 Å². The molecule has 0 atom stereocenters. The van der Waals surface area contributed by atoms with Gasteiger partial charge < -0.3 is 26.3 Å². The van der Waals surface area contributed by atoms with Gasteiger partial charge in [0.2, 0.25) is 0 Å². The second kappa shape index (κ2) is 15.8. The van der Waals surface area contributed by atoms with Crippen molar-refractivity contribution in [3.8, 4) is 0 Å². The second-order valence-electron chi connectivity index (χ2n) is 1.47. The van der Waals surface area contributed by atoms with Crippen LogP contribution in [-0.4, -0.2) is 52.2 Å². The first-order valence-corrected chi connectivity index (χ1v) is 3.80. The molecule has 0 aliphatic heterocycles. The minimum atomic E-state index is -4.67. The van der Waals surface area contributed by atoms with E-state index in [1.807, 2.05) is 0 Å². The van der Waals surface area contributed by atoms with E-state index in [1.165, 1.54) is 0 Å². The minimum absolute atomic E-state index is 0. The standard InChI is InChI=1S/C3H8O3.H2O4S.2O.Ti/c4-1-3(6)2-5;1-5(2,3)4;;;/h3-6H,1-2H2;(H2,1,2,3,4);;;/q;;2*-2;+4. The molecule has 0 saturated carbocycles. The van der Waals surface area contributed by atoms with Crippen LogP contribution in [0.4, 0.5) is 0 Å². The van der Waals surface area contributed by atoms with Gasteiger partial charge in [0.05, 0.1) is 13.2 Å². The van der Waals surface area contributed by atoms with Gasteiger partial charge in [0.25, 0.3) is 0 Å². The molecule has 11 heteroatoms. The summed E-state index contributed by atoms with van der Waals surface area (Å²) in [5.74, 6) is 0. The zero-order chi connectivity index (χ0) is 9.49. The van der Waals surface area contributed by atoms with Crippen LogP contribution in [0.3, 0.4) is 0 Å². The van der Waals surface area contributed by atoms with Crippen molar-refractivity contribution in [3.63, 3.8) is 0 Å². The molecule has 0 heterocycles. The molecule has 14 heavy (non-hydrogen) atoms. The summed E-state index contributed by atoms with van der Waals surface area (Å²) in [6, 6.07) is 0. The maximum absolute atomic E-state index is 8.74. The largest absolute Gasteiger partial charge is 4.00 e. The molecule has 0 radical (unpaired) electrons. The summed E-state index contributed by atoms with van der Waals surface area (Å²) in [6.45, 7) is -0.729. The number of rotatable bonds is 2. The van der Waals surface area contributed by atoms with E-state index in [0.717, 1.165) is 0 Å². The van der Waals surface area contributed by atoms with Gasteiger partial charge in [-0.05, 0) is 0 Å². The van der Waals surface area contributed by atoms with Crippen LogP contribution < -0.4 is 0 Å². The molecular formula is C3H10O9STi. The van der Waals surface area contributed by atoms with Crippen molar-refractivity contribution in [1.82, 2.24) is 0 Å². The monoisotopic (exact) mass is 270 g/mol. The Balaban J connectivity index is -0.0000000321. The topological polar surface area (TPSA) is 192 Å². The molecule has 0 fully saturated rings. The molecule has 0 aromatic heterocycles. The van der Waals surface area contributed by atoms with Crippen molar-refractivity contribution < 1.29 is 65.5 Å². The van der Waals surface area contributed by atoms with Crippen molar-refractivity contribution in [3.05, 3.63) is 0 Å². The van der Waals surface area contributed by atoms with Crippen molar-refractivity contribution in [2.75, 3.05) is 13.2 Å². The normalized spacial score (nSPS) is 8.43. The molecule has 0 spiro atoms. The molecule has 0 aliphatic carbocycles. The maximum atomic E-state index is 8.74. The summed E-state index contributed by atoms with van der Waals surface area (Å²) in [6.07, 6.45) is -0.954. The molecule has 0 bridgehead atoms.